The predicted molar refractivity (Wildman–Crippen MR) is 35.8 cm³/mol. The molecule has 0 saturated carbocycles. The van der Waals surface area contributed by atoms with Gasteiger partial charge in [0.2, 0.25) is 0 Å². The highest BCUT2D eigenvalue weighted by atomic mass is 32.2. The van der Waals surface area contributed by atoms with E-state index in [0.717, 1.165) is 6.54 Å². The van der Waals surface area contributed by atoms with E-state index in [-0.39, 0.29) is 5.48 Å². The summed E-state index contributed by atoms with van der Waals surface area (Å²) in [5.74, 6) is 0. The van der Waals surface area contributed by atoms with E-state index in [9.17, 15) is 8.42 Å². The molecule has 0 aromatic carbocycles. The quantitative estimate of drug-likeness (QED) is 0.425. The maximum Gasteiger partial charge on any atom is 0.261 e. The van der Waals surface area contributed by atoms with E-state index in [2.05, 4.69) is 0 Å². The van der Waals surface area contributed by atoms with Crippen LogP contribution in [0.2, 0.25) is 0 Å². The van der Waals surface area contributed by atoms with Crippen LogP contribution in [0.5, 0.6) is 0 Å². The SMILES string of the molecule is CCN.CS(=O)(=O)O.O. The lowest BCUT2D eigenvalue weighted by molar-refractivity contribution is 0.490. The van der Waals surface area contributed by atoms with Gasteiger partial charge in [-0.25, -0.2) is 0 Å². The third-order valence-electron chi connectivity index (χ3n) is 0. The lowest BCUT2D eigenvalue weighted by Crippen LogP contribution is -1.88. The Labute approximate surface area is 54.9 Å². The molecule has 0 aromatic rings. The Kier molecular flexibility index (Phi) is 13.9. The van der Waals surface area contributed by atoms with E-state index in [1.54, 1.807) is 0 Å². The minimum atomic E-state index is -3.67. The van der Waals surface area contributed by atoms with Gasteiger partial charge in [0.1, 0.15) is 0 Å². The van der Waals surface area contributed by atoms with Crippen molar-refractivity contribution in [3.63, 3.8) is 0 Å². The summed E-state index contributed by atoms with van der Waals surface area (Å²) in [7, 11) is -3.67. The summed E-state index contributed by atoms with van der Waals surface area (Å²) >= 11 is 0. The first-order valence-electron chi connectivity index (χ1n) is 2.04. The number of rotatable bonds is 0. The van der Waals surface area contributed by atoms with Crippen LogP contribution in [0, 0.1) is 0 Å². The Hall–Kier alpha value is -0.170. The van der Waals surface area contributed by atoms with Gasteiger partial charge in [-0.1, -0.05) is 6.92 Å². The molecule has 6 heteroatoms. The summed E-state index contributed by atoms with van der Waals surface area (Å²) in [5.41, 5.74) is 4.85. The van der Waals surface area contributed by atoms with Crippen molar-refractivity contribution >= 4 is 10.1 Å². The average Bonchev–Trinajstić information content (AvgIpc) is 1.27. The van der Waals surface area contributed by atoms with Gasteiger partial charge in [-0.05, 0) is 6.54 Å². The molecule has 0 atom stereocenters. The smallest absolute Gasteiger partial charge is 0.261 e. The summed E-state index contributed by atoms with van der Waals surface area (Å²) in [6, 6.07) is 0. The molecule has 9 heavy (non-hydrogen) atoms. The van der Waals surface area contributed by atoms with E-state index in [4.69, 9.17) is 10.3 Å². The number of hydrogen-bond acceptors (Lipinski definition) is 3. The zero-order chi connectivity index (χ0) is 7.21. The van der Waals surface area contributed by atoms with Crippen LogP contribution in [0.1, 0.15) is 6.92 Å². The van der Waals surface area contributed by atoms with Crippen molar-refractivity contribution in [1.82, 2.24) is 0 Å². The first kappa shape index (κ1) is 15.9. The van der Waals surface area contributed by atoms with Gasteiger partial charge in [0.05, 0.1) is 6.26 Å². The van der Waals surface area contributed by atoms with Gasteiger partial charge in [0.25, 0.3) is 10.1 Å². The highest BCUT2D eigenvalue weighted by Gasteiger charge is 1.81. The minimum Gasteiger partial charge on any atom is -0.412 e. The van der Waals surface area contributed by atoms with Crippen molar-refractivity contribution in [2.24, 2.45) is 5.73 Å². The molecule has 0 rings (SSSR count). The molecule has 0 fully saturated rings. The Bertz CT molecular complexity index is 110. The van der Waals surface area contributed by atoms with E-state index in [1.807, 2.05) is 6.92 Å². The first-order chi connectivity index (χ1) is 3.41. The fraction of sp³-hybridized carbons (Fsp3) is 1.00. The van der Waals surface area contributed by atoms with Gasteiger partial charge in [-0.15, -0.1) is 0 Å². The highest BCUT2D eigenvalue weighted by Crippen LogP contribution is 1.60. The molecule has 0 saturated heterocycles. The molecule has 5 nitrogen and oxygen atoms in total. The second-order valence-corrected chi connectivity index (χ2v) is 2.61. The minimum absolute atomic E-state index is 0. The lowest BCUT2D eigenvalue weighted by Gasteiger charge is -1.69. The van der Waals surface area contributed by atoms with Gasteiger partial charge >= 0.3 is 0 Å². The van der Waals surface area contributed by atoms with Crippen LogP contribution >= 0.6 is 0 Å². The molecule has 60 valence electrons. The van der Waals surface area contributed by atoms with Crippen molar-refractivity contribution in [2.45, 2.75) is 6.92 Å². The van der Waals surface area contributed by atoms with Crippen LogP contribution in [0.25, 0.3) is 0 Å². The molecular weight excluding hydrogens is 146 g/mol. The summed E-state index contributed by atoms with van der Waals surface area (Å²) < 4.78 is 25.9. The average molecular weight is 159 g/mol. The van der Waals surface area contributed by atoms with Crippen LogP contribution in [0.4, 0.5) is 0 Å². The van der Waals surface area contributed by atoms with Gasteiger partial charge in [0, 0.05) is 0 Å². The van der Waals surface area contributed by atoms with Crippen molar-refractivity contribution in [3.8, 4) is 0 Å². The fourth-order valence-electron chi connectivity index (χ4n) is 0. The molecule has 0 amide bonds. The van der Waals surface area contributed by atoms with Crippen LogP contribution < -0.4 is 5.73 Å². The van der Waals surface area contributed by atoms with E-state index >= 15 is 0 Å². The van der Waals surface area contributed by atoms with E-state index in [1.165, 1.54) is 0 Å². The topological polar surface area (TPSA) is 112 Å². The molecule has 0 aliphatic rings. The zero-order valence-corrected chi connectivity index (χ0v) is 6.27. The maximum absolute atomic E-state index is 9.19. The normalized spacial score (nSPS) is 8.44. The fourth-order valence-corrected chi connectivity index (χ4v) is 0. The Morgan fingerprint density at radius 1 is 1.56 bits per heavy atom. The molecule has 0 unspecified atom stereocenters. The molecule has 0 spiro atoms. The third-order valence-corrected chi connectivity index (χ3v) is 0. The van der Waals surface area contributed by atoms with Crippen LogP contribution in [0.3, 0.4) is 0 Å². The monoisotopic (exact) mass is 159 g/mol. The largest absolute Gasteiger partial charge is 0.412 e. The first-order valence-corrected chi connectivity index (χ1v) is 3.89. The number of hydrogen-bond donors (Lipinski definition) is 2. The maximum atomic E-state index is 9.19. The van der Waals surface area contributed by atoms with Gasteiger partial charge < -0.3 is 11.2 Å². The third kappa shape index (κ3) is 9210. The molecule has 0 aromatic heterocycles. The molecule has 0 aliphatic heterocycles. The van der Waals surface area contributed by atoms with Crippen molar-refractivity contribution < 1.29 is 18.4 Å². The van der Waals surface area contributed by atoms with Crippen LogP contribution in [-0.2, 0) is 10.1 Å². The summed E-state index contributed by atoms with van der Waals surface area (Å²) in [4.78, 5) is 0. The Balaban J connectivity index is -0.0000000800. The highest BCUT2D eigenvalue weighted by molar-refractivity contribution is 7.85. The zero-order valence-electron chi connectivity index (χ0n) is 5.46. The molecule has 0 aliphatic carbocycles. The van der Waals surface area contributed by atoms with Crippen molar-refractivity contribution in [2.75, 3.05) is 12.8 Å². The number of nitrogens with two attached hydrogens (primary N) is 1. The van der Waals surface area contributed by atoms with E-state index in [0.29, 0.717) is 6.26 Å². The summed E-state index contributed by atoms with van der Waals surface area (Å²) in [6.07, 6.45) is 0.715. The van der Waals surface area contributed by atoms with Crippen molar-refractivity contribution in [1.29, 1.82) is 0 Å². The molecule has 0 radical (unpaired) electrons. The second-order valence-electron chi connectivity index (χ2n) is 1.14. The standard InChI is InChI=1S/C2H7N.CH4O3S.H2O/c1-2-3;1-5(2,3)4;/h2-3H2,1H3;1H3,(H,2,3,4);1H2. The summed E-state index contributed by atoms with van der Waals surface area (Å²) in [6.45, 7) is 2.65. The molecule has 5 N–H and O–H groups in total. The van der Waals surface area contributed by atoms with Gasteiger partial charge in [-0.3, -0.25) is 4.55 Å². The van der Waals surface area contributed by atoms with Crippen LogP contribution in [0.15, 0.2) is 0 Å². The van der Waals surface area contributed by atoms with Crippen molar-refractivity contribution in [3.05, 3.63) is 0 Å². The lowest BCUT2D eigenvalue weighted by atomic mass is 10.8. The Morgan fingerprint density at radius 2 is 1.56 bits per heavy atom. The molecular formula is C3H13NO4S. The Morgan fingerprint density at radius 3 is 1.56 bits per heavy atom. The molecule has 0 bridgehead atoms. The van der Waals surface area contributed by atoms with Gasteiger partial charge in [0.15, 0.2) is 0 Å². The van der Waals surface area contributed by atoms with Crippen LogP contribution in [-0.4, -0.2) is 31.2 Å². The van der Waals surface area contributed by atoms with Gasteiger partial charge in [-0.2, -0.15) is 8.42 Å². The molecule has 0 heterocycles. The second kappa shape index (κ2) is 7.83. The predicted octanol–water partition coefficient (Wildman–Crippen LogP) is -1.36. The van der Waals surface area contributed by atoms with E-state index < -0.39 is 10.1 Å². The summed E-state index contributed by atoms with van der Waals surface area (Å²) in [5, 5.41) is 0.